The summed E-state index contributed by atoms with van der Waals surface area (Å²) < 4.78 is 5.48. The minimum atomic E-state index is -0.825. The predicted molar refractivity (Wildman–Crippen MR) is 157 cm³/mol. The zero-order valence-electron chi connectivity index (χ0n) is 23.0. The Labute approximate surface area is 240 Å². The maximum Gasteiger partial charge on any atom is 0.410 e. The van der Waals surface area contributed by atoms with Gasteiger partial charge in [-0.2, -0.15) is 0 Å². The van der Waals surface area contributed by atoms with Gasteiger partial charge in [0.15, 0.2) is 0 Å². The van der Waals surface area contributed by atoms with Gasteiger partial charge in [0.1, 0.15) is 12.4 Å². The van der Waals surface area contributed by atoms with Gasteiger partial charge in [-0.3, -0.25) is 4.79 Å². The van der Waals surface area contributed by atoms with Crippen molar-refractivity contribution >= 4 is 17.7 Å². The fourth-order valence-electron chi connectivity index (χ4n) is 5.03. The Bertz CT molecular complexity index is 1450. The molecule has 0 radical (unpaired) electrons. The summed E-state index contributed by atoms with van der Waals surface area (Å²) in [5.41, 5.74) is 6.06. The van der Waals surface area contributed by atoms with Crippen LogP contribution in [-0.4, -0.2) is 58.2 Å². The zero-order chi connectivity index (χ0) is 28.4. The highest BCUT2D eigenvalue weighted by Crippen LogP contribution is 2.19. The summed E-state index contributed by atoms with van der Waals surface area (Å²) in [6.45, 7) is 3.03. The zero-order valence-corrected chi connectivity index (χ0v) is 23.0. The lowest BCUT2D eigenvalue weighted by Crippen LogP contribution is -2.48. The number of amides is 1. The largest absolute Gasteiger partial charge is 0.481 e. The van der Waals surface area contributed by atoms with Crippen molar-refractivity contribution in [1.82, 2.24) is 14.9 Å². The number of ether oxygens (including phenoxy) is 1. The van der Waals surface area contributed by atoms with Crippen LogP contribution < -0.4 is 4.90 Å². The summed E-state index contributed by atoms with van der Waals surface area (Å²) in [4.78, 5) is 36.9. The van der Waals surface area contributed by atoms with Gasteiger partial charge in [-0.15, -0.1) is 0 Å². The van der Waals surface area contributed by atoms with E-state index in [-0.39, 0.29) is 19.1 Å². The van der Waals surface area contributed by atoms with E-state index in [0.29, 0.717) is 19.5 Å². The van der Waals surface area contributed by atoms with Gasteiger partial charge in [0.25, 0.3) is 0 Å². The lowest BCUT2D eigenvalue weighted by Gasteiger charge is -2.35. The van der Waals surface area contributed by atoms with Crippen LogP contribution in [0.3, 0.4) is 0 Å². The van der Waals surface area contributed by atoms with Crippen molar-refractivity contribution in [2.24, 2.45) is 0 Å². The SMILES string of the molecule is O=C(O)Cc1ccccc1CCc1ccnc(Cc2ccc(N3CCN(C(=O)OCc4ccccc4)CC3)cc2)n1. The lowest BCUT2D eigenvalue weighted by atomic mass is 9.99. The van der Waals surface area contributed by atoms with Gasteiger partial charge in [-0.05, 0) is 53.3 Å². The monoisotopic (exact) mass is 550 g/mol. The number of carboxylic acid groups (broad SMARTS) is 1. The maximum absolute atomic E-state index is 12.5. The molecule has 0 saturated carbocycles. The van der Waals surface area contributed by atoms with Crippen molar-refractivity contribution in [1.29, 1.82) is 0 Å². The third-order valence-electron chi connectivity index (χ3n) is 7.28. The van der Waals surface area contributed by atoms with E-state index in [4.69, 9.17) is 9.72 Å². The second-order valence-corrected chi connectivity index (χ2v) is 10.2. The smallest absolute Gasteiger partial charge is 0.410 e. The Morgan fingerprint density at radius 2 is 1.49 bits per heavy atom. The average molecular weight is 551 g/mol. The molecule has 0 spiro atoms. The number of aromatic nitrogens is 2. The summed E-state index contributed by atoms with van der Waals surface area (Å²) in [5.74, 6) is -0.0639. The van der Waals surface area contributed by atoms with E-state index in [1.807, 2.05) is 60.7 Å². The number of rotatable bonds is 10. The number of carbonyl (C=O) groups excluding carboxylic acids is 1. The van der Waals surface area contributed by atoms with Crippen molar-refractivity contribution in [2.45, 2.75) is 32.3 Å². The van der Waals surface area contributed by atoms with Crippen LogP contribution in [0.25, 0.3) is 0 Å². The van der Waals surface area contributed by atoms with Crippen LogP contribution in [0.5, 0.6) is 0 Å². The molecule has 1 fully saturated rings. The van der Waals surface area contributed by atoms with E-state index >= 15 is 0 Å². The molecule has 5 rings (SSSR count). The number of piperazine rings is 1. The number of nitrogens with zero attached hydrogens (tertiary/aromatic N) is 4. The highest BCUT2D eigenvalue weighted by Gasteiger charge is 2.22. The van der Waals surface area contributed by atoms with Crippen molar-refractivity contribution in [3.63, 3.8) is 0 Å². The van der Waals surface area contributed by atoms with Gasteiger partial charge in [0.2, 0.25) is 0 Å². The summed E-state index contributed by atoms with van der Waals surface area (Å²) >= 11 is 0. The lowest BCUT2D eigenvalue weighted by molar-refractivity contribution is -0.136. The van der Waals surface area contributed by atoms with Crippen LogP contribution in [0.1, 0.15) is 33.8 Å². The molecule has 41 heavy (non-hydrogen) atoms. The summed E-state index contributed by atoms with van der Waals surface area (Å²) in [6.07, 6.45) is 3.63. The first kappa shape index (κ1) is 27.8. The minimum absolute atomic E-state index is 0.0260. The van der Waals surface area contributed by atoms with E-state index in [1.54, 1.807) is 11.1 Å². The Morgan fingerprint density at radius 3 is 2.22 bits per heavy atom. The third kappa shape index (κ3) is 7.91. The van der Waals surface area contributed by atoms with Crippen molar-refractivity contribution < 1.29 is 19.4 Å². The molecule has 8 nitrogen and oxygen atoms in total. The first-order chi connectivity index (χ1) is 20.0. The number of aliphatic carboxylic acids is 1. The second kappa shape index (κ2) is 13.6. The van der Waals surface area contributed by atoms with Crippen molar-refractivity contribution in [3.8, 4) is 0 Å². The van der Waals surface area contributed by atoms with Gasteiger partial charge >= 0.3 is 12.1 Å². The molecular weight excluding hydrogens is 516 g/mol. The standard InChI is InChI=1S/C33H34N4O4/c38-32(39)23-28-9-5-4-8-27(28)12-13-29-16-17-34-31(35-29)22-25-10-14-30(15-11-25)36-18-20-37(21-19-36)33(40)41-24-26-6-2-1-3-7-26/h1-11,14-17H,12-13,18-24H2,(H,38,39). The number of carboxylic acids is 1. The van der Waals surface area contributed by atoms with Gasteiger partial charge in [0.05, 0.1) is 6.42 Å². The molecule has 210 valence electrons. The molecule has 1 aromatic heterocycles. The molecule has 4 aromatic rings. The fraction of sp³-hybridized carbons (Fsp3) is 0.273. The van der Waals surface area contributed by atoms with Crippen LogP contribution in [0.15, 0.2) is 91.1 Å². The van der Waals surface area contributed by atoms with Gasteiger partial charge in [-0.25, -0.2) is 14.8 Å². The van der Waals surface area contributed by atoms with Crippen LogP contribution in [0.4, 0.5) is 10.5 Å². The summed E-state index contributed by atoms with van der Waals surface area (Å²) in [7, 11) is 0. The van der Waals surface area contributed by atoms with Crippen LogP contribution in [0, 0.1) is 0 Å². The number of anilines is 1. The summed E-state index contributed by atoms with van der Waals surface area (Å²) in [6, 6.07) is 27.7. The topological polar surface area (TPSA) is 95.9 Å². The van der Waals surface area contributed by atoms with Gasteiger partial charge < -0.3 is 19.6 Å². The molecule has 0 aliphatic carbocycles. The molecule has 0 bridgehead atoms. The Hall–Kier alpha value is -4.72. The van der Waals surface area contributed by atoms with E-state index in [1.165, 1.54) is 0 Å². The van der Waals surface area contributed by atoms with Gasteiger partial charge in [0, 0.05) is 50.2 Å². The molecule has 3 aromatic carbocycles. The van der Waals surface area contributed by atoms with Crippen LogP contribution >= 0.6 is 0 Å². The number of hydrogen-bond acceptors (Lipinski definition) is 6. The molecule has 0 atom stereocenters. The van der Waals surface area contributed by atoms with Crippen LogP contribution in [-0.2, 0) is 41.8 Å². The third-order valence-corrected chi connectivity index (χ3v) is 7.28. The predicted octanol–water partition coefficient (Wildman–Crippen LogP) is 4.94. The fourth-order valence-corrected chi connectivity index (χ4v) is 5.03. The Kier molecular flexibility index (Phi) is 9.21. The summed E-state index contributed by atoms with van der Waals surface area (Å²) in [5, 5.41) is 9.18. The molecule has 1 amide bonds. The molecule has 2 heterocycles. The average Bonchev–Trinajstić information content (AvgIpc) is 3.00. The van der Waals surface area contributed by atoms with Crippen LogP contribution in [0.2, 0.25) is 0 Å². The molecule has 1 saturated heterocycles. The van der Waals surface area contributed by atoms with E-state index in [9.17, 15) is 14.7 Å². The molecule has 1 N–H and O–H groups in total. The molecule has 1 aliphatic rings. The van der Waals surface area contributed by atoms with E-state index < -0.39 is 5.97 Å². The number of aryl methyl sites for hydroxylation is 2. The quantitative estimate of drug-likeness (QED) is 0.299. The van der Waals surface area contributed by atoms with Crippen molar-refractivity contribution in [2.75, 3.05) is 31.1 Å². The molecule has 8 heteroatoms. The molecular formula is C33H34N4O4. The first-order valence-corrected chi connectivity index (χ1v) is 13.9. The minimum Gasteiger partial charge on any atom is -0.481 e. The molecule has 1 aliphatic heterocycles. The van der Waals surface area contributed by atoms with E-state index in [0.717, 1.165) is 65.4 Å². The first-order valence-electron chi connectivity index (χ1n) is 13.9. The Balaban J connectivity index is 1.10. The van der Waals surface area contributed by atoms with Crippen molar-refractivity contribution in [3.05, 3.63) is 125 Å². The number of hydrogen-bond donors (Lipinski definition) is 1. The highest BCUT2D eigenvalue weighted by molar-refractivity contribution is 5.70. The number of carbonyl (C=O) groups is 2. The van der Waals surface area contributed by atoms with E-state index in [2.05, 4.69) is 34.1 Å². The van der Waals surface area contributed by atoms with Gasteiger partial charge in [-0.1, -0.05) is 66.7 Å². The Morgan fingerprint density at radius 1 is 0.780 bits per heavy atom. The normalized spacial score (nSPS) is 13.2. The molecule has 0 unspecified atom stereocenters. The maximum atomic E-state index is 12.5. The second-order valence-electron chi connectivity index (χ2n) is 10.2. The number of benzene rings is 3. The highest BCUT2D eigenvalue weighted by atomic mass is 16.6.